The predicted molar refractivity (Wildman–Crippen MR) is 81.1 cm³/mol. The van der Waals surface area contributed by atoms with Crippen LogP contribution < -0.4 is 4.72 Å². The van der Waals surface area contributed by atoms with Crippen molar-refractivity contribution in [1.29, 1.82) is 0 Å². The summed E-state index contributed by atoms with van der Waals surface area (Å²) in [5.74, 6) is -1.34. The topological polar surface area (TPSA) is 96.4 Å². The van der Waals surface area contributed by atoms with Crippen LogP contribution in [0.15, 0.2) is 9.72 Å². The second kappa shape index (κ2) is 6.88. The molecule has 0 radical (unpaired) electrons. The van der Waals surface area contributed by atoms with Crippen molar-refractivity contribution in [2.75, 3.05) is 12.8 Å². The lowest BCUT2D eigenvalue weighted by molar-refractivity contribution is 0.0687. The predicted octanol–water partition coefficient (Wildman–Crippen LogP) is 2.04. The van der Waals surface area contributed by atoms with Crippen LogP contribution in [0.5, 0.6) is 0 Å². The molecule has 0 fully saturated rings. The highest BCUT2D eigenvalue weighted by atomic mass is 32.2. The number of carboxylic acid groups (broad SMARTS) is 1. The lowest BCUT2D eigenvalue weighted by atomic mass is 10.0. The number of aromatic carboxylic acids is 1. The Kier molecular flexibility index (Phi) is 5.99. The summed E-state index contributed by atoms with van der Waals surface area (Å²) >= 11 is 2.42. The number of rotatable bonds is 8. The van der Waals surface area contributed by atoms with Gasteiger partial charge in [0.25, 0.3) is 10.0 Å². The second-order valence-electron chi connectivity index (χ2n) is 4.21. The number of hydrogen-bond donors (Lipinski definition) is 2. The summed E-state index contributed by atoms with van der Waals surface area (Å²) in [5, 5.41) is 8.93. The minimum atomic E-state index is -3.84. The first kappa shape index (κ1) is 17.4. The lowest BCUT2D eigenvalue weighted by Gasteiger charge is -2.29. The van der Waals surface area contributed by atoms with Crippen molar-refractivity contribution in [2.45, 2.75) is 35.6 Å². The number of aromatic nitrogens is 1. The van der Waals surface area contributed by atoms with Crippen LogP contribution in [0.1, 0.15) is 37.2 Å². The molecule has 0 atom stereocenters. The Morgan fingerprint density at radius 2 is 2.10 bits per heavy atom. The molecule has 1 heterocycles. The molecule has 1 rings (SSSR count). The van der Waals surface area contributed by atoms with Gasteiger partial charge in [-0.1, -0.05) is 13.8 Å². The third-order valence-corrected chi connectivity index (χ3v) is 7.65. The van der Waals surface area contributed by atoms with E-state index >= 15 is 0 Å². The number of hydrogen-bond acceptors (Lipinski definition) is 6. The fraction of sp³-hybridized carbons (Fsp3) is 0.636. The average molecular weight is 338 g/mol. The third-order valence-electron chi connectivity index (χ3n) is 3.29. The maximum Gasteiger partial charge on any atom is 0.356 e. The standard InChI is InChI=1S/C11H18N2O4S3/c1-4-11(5-2,18-3)6-13-20(16,17)10-8(9(14)15)12-7-19-10/h7,13H,4-6H2,1-3H3,(H,14,15). The van der Waals surface area contributed by atoms with Crippen LogP contribution in [-0.4, -0.2) is 42.0 Å². The molecule has 0 unspecified atom stereocenters. The zero-order valence-corrected chi connectivity index (χ0v) is 14.0. The van der Waals surface area contributed by atoms with Gasteiger partial charge in [0, 0.05) is 11.3 Å². The van der Waals surface area contributed by atoms with Gasteiger partial charge in [-0.2, -0.15) is 11.8 Å². The summed E-state index contributed by atoms with van der Waals surface area (Å²) in [6.07, 6.45) is 3.58. The maximum absolute atomic E-state index is 12.2. The minimum absolute atomic E-state index is 0.179. The number of thioether (sulfide) groups is 1. The van der Waals surface area contributed by atoms with E-state index in [0.717, 1.165) is 24.2 Å². The largest absolute Gasteiger partial charge is 0.476 e. The van der Waals surface area contributed by atoms with Crippen molar-refractivity contribution in [3.63, 3.8) is 0 Å². The lowest BCUT2D eigenvalue weighted by Crippen LogP contribution is -2.39. The van der Waals surface area contributed by atoms with Crippen LogP contribution in [-0.2, 0) is 10.0 Å². The van der Waals surface area contributed by atoms with E-state index < -0.39 is 21.7 Å². The van der Waals surface area contributed by atoms with E-state index in [4.69, 9.17) is 5.11 Å². The van der Waals surface area contributed by atoms with E-state index in [1.165, 1.54) is 5.51 Å². The molecule has 0 spiro atoms. The molecule has 2 N–H and O–H groups in total. The molecule has 114 valence electrons. The zero-order valence-electron chi connectivity index (χ0n) is 11.5. The van der Waals surface area contributed by atoms with E-state index in [0.29, 0.717) is 0 Å². The van der Waals surface area contributed by atoms with Gasteiger partial charge in [0.1, 0.15) is 0 Å². The Morgan fingerprint density at radius 3 is 2.55 bits per heavy atom. The first-order chi connectivity index (χ1) is 9.32. The molecule has 0 aromatic carbocycles. The van der Waals surface area contributed by atoms with Crippen LogP contribution in [0.4, 0.5) is 0 Å². The summed E-state index contributed by atoms with van der Waals surface area (Å²) in [6, 6.07) is 0. The van der Waals surface area contributed by atoms with E-state index in [9.17, 15) is 13.2 Å². The van der Waals surface area contributed by atoms with Crippen LogP contribution in [0, 0.1) is 0 Å². The summed E-state index contributed by atoms with van der Waals surface area (Å²) in [5.41, 5.74) is 0.796. The molecular weight excluding hydrogens is 320 g/mol. The Bertz CT molecular complexity index is 556. The summed E-state index contributed by atoms with van der Waals surface area (Å²) in [6.45, 7) is 4.27. The average Bonchev–Trinajstić information content (AvgIpc) is 2.91. The molecule has 0 saturated carbocycles. The van der Waals surface area contributed by atoms with Gasteiger partial charge >= 0.3 is 5.97 Å². The second-order valence-corrected chi connectivity index (χ2v) is 8.30. The smallest absolute Gasteiger partial charge is 0.356 e. The van der Waals surface area contributed by atoms with E-state index in [1.807, 2.05) is 20.1 Å². The first-order valence-corrected chi connectivity index (χ1v) is 9.62. The highest BCUT2D eigenvalue weighted by Gasteiger charge is 2.30. The van der Waals surface area contributed by atoms with Crippen molar-refractivity contribution in [2.24, 2.45) is 0 Å². The van der Waals surface area contributed by atoms with Gasteiger partial charge in [-0.05, 0) is 19.1 Å². The van der Waals surface area contributed by atoms with Crippen molar-refractivity contribution < 1.29 is 18.3 Å². The number of carboxylic acids is 1. The van der Waals surface area contributed by atoms with Gasteiger partial charge < -0.3 is 5.11 Å². The number of thiazole rings is 1. The molecule has 20 heavy (non-hydrogen) atoms. The van der Waals surface area contributed by atoms with Crippen molar-refractivity contribution in [3.8, 4) is 0 Å². The van der Waals surface area contributed by atoms with Crippen LogP contribution in [0.2, 0.25) is 0 Å². The molecule has 0 bridgehead atoms. The van der Waals surface area contributed by atoms with Crippen molar-refractivity contribution in [3.05, 3.63) is 11.2 Å². The number of nitrogens with one attached hydrogen (secondary N) is 1. The molecule has 0 aliphatic carbocycles. The third kappa shape index (κ3) is 3.72. The Morgan fingerprint density at radius 1 is 1.50 bits per heavy atom. The SMILES string of the molecule is CCC(CC)(CNS(=O)(=O)c1scnc1C(=O)O)SC. The van der Waals surface area contributed by atoms with Crippen molar-refractivity contribution >= 4 is 39.1 Å². The summed E-state index contributed by atoms with van der Waals surface area (Å²) in [4.78, 5) is 14.5. The zero-order chi connectivity index (χ0) is 15.4. The molecule has 1 aromatic rings. The fourth-order valence-electron chi connectivity index (χ4n) is 1.72. The molecule has 0 saturated heterocycles. The van der Waals surface area contributed by atoms with E-state index in [1.54, 1.807) is 11.8 Å². The van der Waals surface area contributed by atoms with Gasteiger partial charge in [0.15, 0.2) is 9.90 Å². The number of carbonyl (C=O) groups is 1. The Balaban J connectivity index is 2.96. The fourth-order valence-corrected chi connectivity index (χ4v) is 4.92. The molecule has 0 amide bonds. The summed E-state index contributed by atoms with van der Waals surface area (Å²) in [7, 11) is -3.84. The molecule has 6 nitrogen and oxygen atoms in total. The normalized spacial score (nSPS) is 12.6. The minimum Gasteiger partial charge on any atom is -0.476 e. The van der Waals surface area contributed by atoms with E-state index in [2.05, 4.69) is 9.71 Å². The monoisotopic (exact) mass is 338 g/mol. The molecule has 9 heteroatoms. The van der Waals surface area contributed by atoms with Gasteiger partial charge in [-0.15, -0.1) is 11.3 Å². The molecule has 0 aliphatic rings. The van der Waals surface area contributed by atoms with Gasteiger partial charge in [-0.25, -0.2) is 22.9 Å². The number of sulfonamides is 1. The molecule has 0 aliphatic heterocycles. The van der Waals surface area contributed by atoms with Gasteiger partial charge in [-0.3, -0.25) is 0 Å². The van der Waals surface area contributed by atoms with Crippen LogP contribution in [0.25, 0.3) is 0 Å². The van der Waals surface area contributed by atoms with Gasteiger partial charge in [0.2, 0.25) is 0 Å². The molecule has 1 aromatic heterocycles. The number of nitrogens with zero attached hydrogens (tertiary/aromatic N) is 1. The van der Waals surface area contributed by atoms with Crippen LogP contribution >= 0.6 is 23.1 Å². The highest BCUT2D eigenvalue weighted by molar-refractivity contribution is 8.00. The Labute approximate surface area is 127 Å². The van der Waals surface area contributed by atoms with Crippen LogP contribution in [0.3, 0.4) is 0 Å². The van der Waals surface area contributed by atoms with E-state index in [-0.39, 0.29) is 15.5 Å². The van der Waals surface area contributed by atoms with Crippen molar-refractivity contribution in [1.82, 2.24) is 9.71 Å². The van der Waals surface area contributed by atoms with Gasteiger partial charge in [0.05, 0.1) is 5.51 Å². The Hall–Kier alpha value is -0.640. The summed E-state index contributed by atoms with van der Waals surface area (Å²) < 4.78 is 26.5. The highest BCUT2D eigenvalue weighted by Crippen LogP contribution is 2.30. The quantitative estimate of drug-likeness (QED) is 0.753. The molecular formula is C11H18N2O4S3. The maximum atomic E-state index is 12.2. The first-order valence-electron chi connectivity index (χ1n) is 6.03.